The maximum Gasteiger partial charge on any atom is 0.227 e. The van der Waals surface area contributed by atoms with Crippen molar-refractivity contribution < 1.29 is 9.53 Å². The third-order valence-corrected chi connectivity index (χ3v) is 4.26. The first kappa shape index (κ1) is 22.7. The molecule has 1 atom stereocenters. The Morgan fingerprint density at radius 2 is 2.23 bits per heavy atom. The quantitative estimate of drug-likeness (QED) is 0.377. The van der Waals surface area contributed by atoms with E-state index in [2.05, 4.69) is 20.6 Å². The first-order valence-corrected chi connectivity index (χ1v) is 8.73. The van der Waals surface area contributed by atoms with Gasteiger partial charge < -0.3 is 20.3 Å². The second kappa shape index (κ2) is 10.1. The predicted molar refractivity (Wildman–Crippen MR) is 113 cm³/mol. The third kappa shape index (κ3) is 5.83. The van der Waals surface area contributed by atoms with Crippen molar-refractivity contribution in [3.8, 4) is 0 Å². The van der Waals surface area contributed by atoms with Crippen LogP contribution in [0.4, 0.5) is 0 Å². The van der Waals surface area contributed by atoms with Crippen molar-refractivity contribution in [2.45, 2.75) is 26.9 Å². The van der Waals surface area contributed by atoms with E-state index in [4.69, 9.17) is 9.73 Å². The number of morpholine rings is 1. The van der Waals surface area contributed by atoms with Crippen LogP contribution in [0.15, 0.2) is 17.4 Å². The van der Waals surface area contributed by atoms with Crippen molar-refractivity contribution in [3.63, 3.8) is 0 Å². The van der Waals surface area contributed by atoms with Gasteiger partial charge in [0.05, 0.1) is 31.3 Å². The molecule has 1 aromatic rings. The van der Waals surface area contributed by atoms with Gasteiger partial charge in [0.1, 0.15) is 6.10 Å². The SMILES string of the molecule is CCNC(=NCC(C)(C)C(=O)NC)N1CCOC(c2cnn(C)c2)C1.I. The number of halogens is 1. The lowest BCUT2D eigenvalue weighted by atomic mass is 9.93. The van der Waals surface area contributed by atoms with Crippen LogP contribution in [0.2, 0.25) is 0 Å². The van der Waals surface area contributed by atoms with Crippen molar-refractivity contribution >= 4 is 35.8 Å². The van der Waals surface area contributed by atoms with E-state index in [9.17, 15) is 4.79 Å². The lowest BCUT2D eigenvalue weighted by molar-refractivity contribution is -0.128. The minimum Gasteiger partial charge on any atom is -0.370 e. The summed E-state index contributed by atoms with van der Waals surface area (Å²) in [6, 6.07) is 0. The molecule has 0 radical (unpaired) electrons. The Hall–Kier alpha value is -1.36. The molecule has 26 heavy (non-hydrogen) atoms. The molecule has 0 aromatic carbocycles. The molecule has 1 unspecified atom stereocenters. The molecule has 0 bridgehead atoms. The summed E-state index contributed by atoms with van der Waals surface area (Å²) in [6.07, 6.45) is 3.79. The number of aliphatic imine (C=N–C) groups is 1. The third-order valence-electron chi connectivity index (χ3n) is 4.26. The van der Waals surface area contributed by atoms with E-state index in [1.807, 2.05) is 40.2 Å². The molecule has 2 heterocycles. The zero-order valence-electron chi connectivity index (χ0n) is 16.3. The molecule has 1 aliphatic rings. The Kier molecular flexibility index (Phi) is 8.81. The summed E-state index contributed by atoms with van der Waals surface area (Å²) in [7, 11) is 3.55. The number of hydrogen-bond donors (Lipinski definition) is 2. The van der Waals surface area contributed by atoms with E-state index in [0.717, 1.165) is 24.6 Å². The summed E-state index contributed by atoms with van der Waals surface area (Å²) in [4.78, 5) is 18.9. The van der Waals surface area contributed by atoms with Crippen LogP contribution in [-0.2, 0) is 16.6 Å². The average Bonchev–Trinajstić information content (AvgIpc) is 3.04. The number of nitrogens with one attached hydrogen (secondary N) is 2. The van der Waals surface area contributed by atoms with Crippen molar-refractivity contribution in [3.05, 3.63) is 18.0 Å². The van der Waals surface area contributed by atoms with E-state index in [0.29, 0.717) is 19.7 Å². The van der Waals surface area contributed by atoms with E-state index in [1.54, 1.807) is 11.7 Å². The minimum absolute atomic E-state index is 0. The highest BCUT2D eigenvalue weighted by atomic mass is 127. The topological polar surface area (TPSA) is 83.8 Å². The molecule has 1 aromatic heterocycles. The number of guanidine groups is 1. The van der Waals surface area contributed by atoms with Gasteiger partial charge >= 0.3 is 0 Å². The standard InChI is InChI=1S/C17H30N6O2.HI/c1-6-19-16(20-12-17(2,3)15(24)18-4)23-7-8-25-14(11-23)13-9-21-22(5)10-13;/h9-10,14H,6-8,11-12H2,1-5H3,(H,18,24)(H,19,20);1H. The second-order valence-corrected chi connectivity index (χ2v) is 6.89. The maximum absolute atomic E-state index is 12.0. The number of rotatable bonds is 5. The molecule has 8 nitrogen and oxygen atoms in total. The van der Waals surface area contributed by atoms with Crippen molar-refractivity contribution in [2.24, 2.45) is 17.5 Å². The highest BCUT2D eigenvalue weighted by molar-refractivity contribution is 14.0. The van der Waals surface area contributed by atoms with Gasteiger partial charge in [-0.3, -0.25) is 14.5 Å². The number of amides is 1. The first-order valence-electron chi connectivity index (χ1n) is 8.73. The number of hydrogen-bond acceptors (Lipinski definition) is 4. The Morgan fingerprint density at radius 1 is 1.50 bits per heavy atom. The Balaban J connectivity index is 0.00000338. The highest BCUT2D eigenvalue weighted by Gasteiger charge is 2.28. The van der Waals surface area contributed by atoms with Crippen LogP contribution in [0.3, 0.4) is 0 Å². The summed E-state index contributed by atoms with van der Waals surface area (Å²) >= 11 is 0. The van der Waals surface area contributed by atoms with Crippen molar-refractivity contribution in [1.29, 1.82) is 0 Å². The number of aromatic nitrogens is 2. The van der Waals surface area contributed by atoms with Crippen LogP contribution < -0.4 is 10.6 Å². The molecule has 1 amide bonds. The molecule has 1 aliphatic heterocycles. The van der Waals surface area contributed by atoms with Crippen LogP contribution in [-0.4, -0.2) is 66.4 Å². The molecule has 2 N–H and O–H groups in total. The number of ether oxygens (including phenoxy) is 1. The van der Waals surface area contributed by atoms with Crippen LogP contribution in [0.25, 0.3) is 0 Å². The normalized spacial score (nSPS) is 18.3. The molecule has 2 rings (SSSR count). The zero-order chi connectivity index (χ0) is 18.4. The molecular formula is C17H31IN6O2. The Labute approximate surface area is 172 Å². The second-order valence-electron chi connectivity index (χ2n) is 6.89. The number of carbonyl (C=O) groups is 1. The summed E-state index contributed by atoms with van der Waals surface area (Å²) in [5, 5.41) is 10.3. The molecular weight excluding hydrogens is 447 g/mol. The van der Waals surface area contributed by atoms with E-state index >= 15 is 0 Å². The summed E-state index contributed by atoms with van der Waals surface area (Å²) < 4.78 is 7.68. The molecule has 1 fully saturated rings. The molecule has 0 aliphatic carbocycles. The monoisotopic (exact) mass is 478 g/mol. The van der Waals surface area contributed by atoms with Crippen molar-refractivity contribution in [1.82, 2.24) is 25.3 Å². The Morgan fingerprint density at radius 3 is 2.81 bits per heavy atom. The molecule has 0 spiro atoms. The van der Waals surface area contributed by atoms with Crippen LogP contribution in [0.1, 0.15) is 32.4 Å². The van der Waals surface area contributed by atoms with Gasteiger partial charge in [0.25, 0.3) is 0 Å². The lowest BCUT2D eigenvalue weighted by Crippen LogP contribution is -2.48. The van der Waals surface area contributed by atoms with Crippen LogP contribution in [0.5, 0.6) is 0 Å². The zero-order valence-corrected chi connectivity index (χ0v) is 18.6. The van der Waals surface area contributed by atoms with Gasteiger partial charge in [-0.25, -0.2) is 0 Å². The molecule has 0 saturated carbocycles. The van der Waals surface area contributed by atoms with E-state index in [1.165, 1.54) is 0 Å². The van der Waals surface area contributed by atoms with Gasteiger partial charge in [0.2, 0.25) is 5.91 Å². The lowest BCUT2D eigenvalue weighted by Gasteiger charge is -2.35. The van der Waals surface area contributed by atoms with Gasteiger partial charge in [-0.2, -0.15) is 5.10 Å². The Bertz CT molecular complexity index is 616. The predicted octanol–water partition coefficient (Wildman–Crippen LogP) is 1.15. The van der Waals surface area contributed by atoms with E-state index in [-0.39, 0.29) is 36.0 Å². The smallest absolute Gasteiger partial charge is 0.227 e. The summed E-state index contributed by atoms with van der Waals surface area (Å²) in [5.41, 5.74) is 0.513. The minimum atomic E-state index is -0.551. The van der Waals surface area contributed by atoms with Gasteiger partial charge in [-0.1, -0.05) is 0 Å². The van der Waals surface area contributed by atoms with Crippen LogP contribution >= 0.6 is 24.0 Å². The van der Waals surface area contributed by atoms with E-state index < -0.39 is 5.41 Å². The fourth-order valence-electron chi connectivity index (χ4n) is 2.76. The van der Waals surface area contributed by atoms with Crippen LogP contribution in [0, 0.1) is 5.41 Å². The number of carbonyl (C=O) groups excluding carboxylic acids is 1. The number of nitrogens with zero attached hydrogens (tertiary/aromatic N) is 4. The summed E-state index contributed by atoms with van der Waals surface area (Å²) in [6.45, 7) is 9.13. The first-order chi connectivity index (χ1) is 11.9. The largest absolute Gasteiger partial charge is 0.370 e. The average molecular weight is 478 g/mol. The fourth-order valence-corrected chi connectivity index (χ4v) is 2.76. The van der Waals surface area contributed by atoms with Crippen molar-refractivity contribution in [2.75, 3.05) is 39.8 Å². The molecule has 9 heteroatoms. The molecule has 148 valence electrons. The van der Waals surface area contributed by atoms with Gasteiger partial charge in [-0.15, -0.1) is 24.0 Å². The molecule has 1 saturated heterocycles. The maximum atomic E-state index is 12.0. The fraction of sp³-hybridized carbons (Fsp3) is 0.706. The summed E-state index contributed by atoms with van der Waals surface area (Å²) in [5.74, 6) is 0.805. The van der Waals surface area contributed by atoms with Gasteiger partial charge in [0.15, 0.2) is 5.96 Å². The highest BCUT2D eigenvalue weighted by Crippen LogP contribution is 2.22. The van der Waals surface area contributed by atoms with Gasteiger partial charge in [0, 0.05) is 38.9 Å². The van der Waals surface area contributed by atoms with Gasteiger partial charge in [-0.05, 0) is 20.8 Å². The number of aryl methyl sites for hydroxylation is 1.